The third-order valence-electron chi connectivity index (χ3n) is 4.88. The maximum Gasteiger partial charge on any atom is 0.387 e. The smallest absolute Gasteiger partial charge is 0.387 e. The quantitative estimate of drug-likeness (QED) is 0.234. The van der Waals surface area contributed by atoms with E-state index < -0.39 is 46.8 Å². The van der Waals surface area contributed by atoms with E-state index in [0.29, 0.717) is 11.3 Å². The first-order chi connectivity index (χ1) is 16.6. The van der Waals surface area contributed by atoms with Crippen LogP contribution in [0.1, 0.15) is 18.1 Å². The van der Waals surface area contributed by atoms with Crippen molar-refractivity contribution in [3.63, 3.8) is 0 Å². The zero-order valence-electron chi connectivity index (χ0n) is 18.2. The summed E-state index contributed by atoms with van der Waals surface area (Å²) in [7, 11) is 0. The Kier molecular flexibility index (Phi) is 8.69. The summed E-state index contributed by atoms with van der Waals surface area (Å²) in [6.45, 7) is -1.38. The number of rotatable bonds is 9. The van der Waals surface area contributed by atoms with Gasteiger partial charge in [0.25, 0.3) is 0 Å². The van der Waals surface area contributed by atoms with Crippen molar-refractivity contribution in [2.24, 2.45) is 0 Å². The van der Waals surface area contributed by atoms with Crippen LogP contribution in [0.25, 0.3) is 11.1 Å². The summed E-state index contributed by atoms with van der Waals surface area (Å²) < 4.78 is 64.1. The van der Waals surface area contributed by atoms with E-state index in [1.54, 1.807) is 6.92 Å². The van der Waals surface area contributed by atoms with Crippen LogP contribution in [-0.4, -0.2) is 30.8 Å². The Morgan fingerprint density at radius 1 is 1.09 bits per heavy atom. The fraction of sp³-hybridized carbons (Fsp3) is 0.208. The number of aromatic hydroxyl groups is 1. The molecule has 3 aromatic rings. The molecule has 0 aromatic heterocycles. The van der Waals surface area contributed by atoms with Crippen molar-refractivity contribution in [3.8, 4) is 22.6 Å². The molecule has 0 saturated heterocycles. The van der Waals surface area contributed by atoms with Crippen LogP contribution in [0.2, 0.25) is 10.0 Å². The number of phenols is 1. The van der Waals surface area contributed by atoms with Crippen LogP contribution in [0, 0.1) is 11.6 Å². The maximum absolute atomic E-state index is 15.4. The highest BCUT2D eigenvalue weighted by Crippen LogP contribution is 2.39. The number of ether oxygens (including phenoxy) is 2. The van der Waals surface area contributed by atoms with Gasteiger partial charge in [0.2, 0.25) is 0 Å². The summed E-state index contributed by atoms with van der Waals surface area (Å²) in [5, 5.41) is 13.4. The Labute approximate surface area is 208 Å². The predicted octanol–water partition coefficient (Wildman–Crippen LogP) is 6.81. The van der Waals surface area contributed by atoms with Crippen LogP contribution in [0.5, 0.6) is 11.5 Å². The normalized spacial score (nSPS) is 11.0. The maximum atomic E-state index is 15.4. The molecule has 3 aromatic carbocycles. The van der Waals surface area contributed by atoms with Gasteiger partial charge in [-0.1, -0.05) is 29.3 Å². The van der Waals surface area contributed by atoms with E-state index in [0.717, 1.165) is 24.3 Å². The minimum atomic E-state index is -3.17. The van der Waals surface area contributed by atoms with E-state index in [2.05, 4.69) is 10.1 Å². The highest BCUT2D eigenvalue weighted by molar-refractivity contribution is 6.36. The highest BCUT2D eigenvalue weighted by atomic mass is 35.5. The van der Waals surface area contributed by atoms with E-state index in [9.17, 15) is 23.1 Å². The Morgan fingerprint density at radius 2 is 1.77 bits per heavy atom. The fourth-order valence-corrected chi connectivity index (χ4v) is 3.95. The molecule has 0 bridgehead atoms. The minimum absolute atomic E-state index is 0.00779. The van der Waals surface area contributed by atoms with Gasteiger partial charge in [0.15, 0.2) is 0 Å². The highest BCUT2D eigenvalue weighted by Gasteiger charge is 2.21. The topological polar surface area (TPSA) is 67.8 Å². The van der Waals surface area contributed by atoms with E-state index >= 15 is 4.39 Å². The van der Waals surface area contributed by atoms with E-state index in [1.807, 2.05) is 0 Å². The molecule has 0 aliphatic carbocycles. The van der Waals surface area contributed by atoms with Gasteiger partial charge in [-0.05, 0) is 54.4 Å². The lowest BCUT2D eigenvalue weighted by molar-refractivity contribution is -0.140. The second kappa shape index (κ2) is 11.5. The number of esters is 1. The Bertz CT molecular complexity index is 1220. The van der Waals surface area contributed by atoms with Gasteiger partial charge >= 0.3 is 12.6 Å². The summed E-state index contributed by atoms with van der Waals surface area (Å²) in [6, 6.07) is 8.05. The Balaban J connectivity index is 1.93. The molecule has 35 heavy (non-hydrogen) atoms. The largest absolute Gasteiger partial charge is 0.507 e. The standard InChI is InChI=1S/C24H19Cl2F4NO4/c1-2-34-21(33)11-31-13-8-17(25)15(18(26)9-13)7-12-3-6-20(32)22(23(12)28)16-10-14(35-24(29)30)4-5-19(16)27/h3-6,8-10,24,31-32H,2,7,11H2,1H3. The lowest BCUT2D eigenvalue weighted by atomic mass is 9.96. The molecule has 0 saturated carbocycles. The van der Waals surface area contributed by atoms with Crippen molar-refractivity contribution in [2.75, 3.05) is 18.5 Å². The van der Waals surface area contributed by atoms with Crippen molar-refractivity contribution >= 4 is 34.9 Å². The van der Waals surface area contributed by atoms with Crippen molar-refractivity contribution in [1.29, 1.82) is 0 Å². The lowest BCUT2D eigenvalue weighted by Crippen LogP contribution is -2.16. The molecule has 11 heteroatoms. The van der Waals surface area contributed by atoms with E-state index in [-0.39, 0.29) is 35.2 Å². The number of anilines is 1. The fourth-order valence-electron chi connectivity index (χ4n) is 3.32. The molecular formula is C24H19Cl2F4NO4. The van der Waals surface area contributed by atoms with Gasteiger partial charge in [-0.25, -0.2) is 8.78 Å². The molecular weight excluding hydrogens is 513 g/mol. The average molecular weight is 532 g/mol. The molecule has 3 rings (SSSR count). The second-order valence-corrected chi connectivity index (χ2v) is 8.02. The van der Waals surface area contributed by atoms with Crippen LogP contribution in [0.4, 0.5) is 23.2 Å². The number of hydrogen-bond acceptors (Lipinski definition) is 5. The Morgan fingerprint density at radius 3 is 2.40 bits per heavy atom. The number of alkyl halides is 2. The van der Waals surface area contributed by atoms with E-state index in [4.69, 9.17) is 27.9 Å². The van der Waals surface area contributed by atoms with Gasteiger partial charge in [-0.2, -0.15) is 8.78 Å². The summed E-state index contributed by atoms with van der Waals surface area (Å²) >= 11 is 12.7. The van der Waals surface area contributed by atoms with Crippen molar-refractivity contribution in [3.05, 3.63) is 75.3 Å². The van der Waals surface area contributed by atoms with Crippen LogP contribution < -0.4 is 10.1 Å². The molecule has 0 radical (unpaired) electrons. The van der Waals surface area contributed by atoms with Crippen LogP contribution in [0.3, 0.4) is 0 Å². The summed E-state index contributed by atoms with van der Waals surface area (Å²) in [4.78, 5) is 11.5. The third kappa shape index (κ3) is 6.49. The minimum Gasteiger partial charge on any atom is -0.507 e. The van der Waals surface area contributed by atoms with Crippen molar-refractivity contribution in [2.45, 2.75) is 20.0 Å². The van der Waals surface area contributed by atoms with Gasteiger partial charge < -0.3 is 19.9 Å². The zero-order valence-corrected chi connectivity index (χ0v) is 19.7. The number of hydrogen-bond donors (Lipinski definition) is 2. The molecule has 0 spiro atoms. The van der Waals surface area contributed by atoms with Crippen LogP contribution in [0.15, 0.2) is 42.5 Å². The number of benzene rings is 3. The third-order valence-corrected chi connectivity index (χ3v) is 5.56. The average Bonchev–Trinajstić information content (AvgIpc) is 2.78. The van der Waals surface area contributed by atoms with Crippen LogP contribution in [-0.2, 0) is 16.0 Å². The molecule has 2 N–H and O–H groups in total. The molecule has 0 unspecified atom stereocenters. The monoisotopic (exact) mass is 531 g/mol. The number of nitrogens with one attached hydrogen (secondary N) is 1. The number of carbonyl (C=O) groups excluding carboxylic acids is 1. The zero-order chi connectivity index (χ0) is 25.7. The van der Waals surface area contributed by atoms with Crippen molar-refractivity contribution < 1.29 is 36.9 Å². The number of halogens is 6. The van der Waals surface area contributed by atoms with Crippen molar-refractivity contribution in [1.82, 2.24) is 0 Å². The molecule has 0 atom stereocenters. The first-order valence-corrected chi connectivity index (χ1v) is 11.0. The molecule has 0 aliphatic heterocycles. The van der Waals surface area contributed by atoms with Gasteiger partial charge in [-0.3, -0.25) is 4.79 Å². The van der Waals surface area contributed by atoms with Crippen LogP contribution >= 0.6 is 23.2 Å². The van der Waals surface area contributed by atoms with Gasteiger partial charge in [0.1, 0.15) is 29.7 Å². The molecule has 186 valence electrons. The first kappa shape index (κ1) is 26.4. The SMILES string of the molecule is CCOC(=O)CNc1cc(Cl)c(Cc2ccc(O)c(-c3cc(OC(F)F)ccc3F)c2F)c(Cl)c1. The van der Waals surface area contributed by atoms with Gasteiger partial charge in [0, 0.05) is 27.7 Å². The number of carbonyl (C=O) groups is 1. The summed E-state index contributed by atoms with van der Waals surface area (Å²) in [5.74, 6) is -3.42. The molecule has 0 aliphatic rings. The molecule has 0 heterocycles. The van der Waals surface area contributed by atoms with Gasteiger partial charge in [-0.15, -0.1) is 0 Å². The Hall–Kier alpha value is -3.17. The summed E-state index contributed by atoms with van der Waals surface area (Å²) in [5.41, 5.74) is -0.216. The second-order valence-electron chi connectivity index (χ2n) is 7.21. The number of phenolic OH excluding ortho intramolecular Hbond substituents is 1. The van der Waals surface area contributed by atoms with Gasteiger partial charge in [0.05, 0.1) is 12.2 Å². The molecule has 0 amide bonds. The molecule has 5 nitrogen and oxygen atoms in total. The lowest BCUT2D eigenvalue weighted by Gasteiger charge is -2.15. The predicted molar refractivity (Wildman–Crippen MR) is 124 cm³/mol. The first-order valence-electron chi connectivity index (χ1n) is 10.2. The summed E-state index contributed by atoms with van der Waals surface area (Å²) in [6.07, 6.45) is -0.135. The van der Waals surface area contributed by atoms with E-state index in [1.165, 1.54) is 18.2 Å². The molecule has 0 fully saturated rings.